The molecule has 1 fully saturated rings. The molecule has 0 saturated carbocycles. The van der Waals surface area contributed by atoms with E-state index in [-0.39, 0.29) is 42.4 Å². The van der Waals surface area contributed by atoms with Gasteiger partial charge >= 0.3 is 0 Å². The molecule has 0 bridgehead atoms. The van der Waals surface area contributed by atoms with Crippen LogP contribution in [0.15, 0.2) is 73.1 Å². The maximum atomic E-state index is 13.1. The van der Waals surface area contributed by atoms with E-state index in [1.54, 1.807) is 77.0 Å². The fraction of sp³-hybridized carbons (Fsp3) is 0.333. The molecule has 2 aromatic heterocycles. The molecular weight excluding hydrogens is 590 g/mol. The van der Waals surface area contributed by atoms with Crippen LogP contribution in [0.2, 0.25) is 5.02 Å². The van der Waals surface area contributed by atoms with Gasteiger partial charge in [0.15, 0.2) is 23.1 Å². The molecule has 0 radical (unpaired) electrons. The largest absolute Gasteiger partial charge is 0.379 e. The molecular formula is C36H38ClN3O5. The van der Waals surface area contributed by atoms with Gasteiger partial charge in [0.25, 0.3) is 0 Å². The zero-order valence-corrected chi connectivity index (χ0v) is 26.5. The second-order valence-electron chi connectivity index (χ2n) is 11.7. The average Bonchev–Trinajstić information content (AvgIpc) is 3.59. The van der Waals surface area contributed by atoms with Crippen LogP contribution in [0, 0.1) is 0 Å². The summed E-state index contributed by atoms with van der Waals surface area (Å²) in [4.78, 5) is 54.0. The molecule has 0 N–H and O–H groups in total. The normalized spacial score (nSPS) is 13.6. The van der Waals surface area contributed by atoms with E-state index in [9.17, 15) is 19.2 Å². The van der Waals surface area contributed by atoms with E-state index in [1.165, 1.54) is 0 Å². The van der Waals surface area contributed by atoms with Gasteiger partial charge in [0, 0.05) is 81.4 Å². The van der Waals surface area contributed by atoms with Gasteiger partial charge in [-0.2, -0.15) is 0 Å². The summed E-state index contributed by atoms with van der Waals surface area (Å²) in [5.74, 6) is -0.0956. The predicted octanol–water partition coefficient (Wildman–Crippen LogP) is 5.59. The first-order valence-corrected chi connectivity index (χ1v) is 15.6. The first kappa shape index (κ1) is 32.3. The lowest BCUT2D eigenvalue weighted by atomic mass is 10.0. The summed E-state index contributed by atoms with van der Waals surface area (Å²) in [5, 5.41) is 0.570. The van der Waals surface area contributed by atoms with Crippen LogP contribution in [-0.4, -0.2) is 70.0 Å². The van der Waals surface area contributed by atoms with E-state index in [0.717, 1.165) is 56.0 Å². The summed E-state index contributed by atoms with van der Waals surface area (Å²) in [6.45, 7) is 4.19. The van der Waals surface area contributed by atoms with E-state index in [4.69, 9.17) is 16.3 Å². The maximum Gasteiger partial charge on any atom is 0.183 e. The number of morpholine rings is 1. The van der Waals surface area contributed by atoms with Crippen LogP contribution in [0.3, 0.4) is 0 Å². The van der Waals surface area contributed by atoms with Crippen molar-refractivity contribution in [1.82, 2.24) is 14.0 Å². The number of rotatable bonds is 14. The molecule has 0 amide bonds. The Morgan fingerprint density at radius 2 is 1.16 bits per heavy atom. The standard InChI is InChI=1S/C36H38ClN3O5/c1-38-23-26(18-31(38)33(41)4-3-13-40-14-16-45-17-15-40)21-34(42)28-7-5-25(6-8-28)20-36(44)32-19-27(24-39(32)2)22-35(43)29-9-11-30(37)12-10-29/h5-12,18-19,23-24H,3-4,13-17,20-22H2,1-2H3. The number of halogens is 1. The minimum Gasteiger partial charge on any atom is -0.379 e. The molecule has 1 aliphatic heterocycles. The number of nitrogens with zero attached hydrogens (tertiary/aromatic N) is 3. The van der Waals surface area contributed by atoms with E-state index >= 15 is 0 Å². The van der Waals surface area contributed by atoms with Crippen LogP contribution in [0.4, 0.5) is 0 Å². The van der Waals surface area contributed by atoms with Crippen LogP contribution in [0.5, 0.6) is 0 Å². The molecule has 3 heterocycles. The quantitative estimate of drug-likeness (QED) is 0.169. The summed E-state index contributed by atoms with van der Waals surface area (Å²) in [6.07, 6.45) is 5.46. The van der Waals surface area contributed by atoms with E-state index in [1.807, 2.05) is 19.3 Å². The van der Waals surface area contributed by atoms with Crippen molar-refractivity contribution < 1.29 is 23.9 Å². The highest BCUT2D eigenvalue weighted by atomic mass is 35.5. The lowest BCUT2D eigenvalue weighted by molar-refractivity contribution is 0.0371. The Bertz CT molecular complexity index is 1680. The number of hydrogen-bond acceptors (Lipinski definition) is 6. The number of aryl methyl sites for hydroxylation is 2. The molecule has 0 spiro atoms. The Hall–Kier alpha value is -4.11. The average molecular weight is 628 g/mol. The van der Waals surface area contributed by atoms with Gasteiger partial charge in [0.2, 0.25) is 0 Å². The van der Waals surface area contributed by atoms with Crippen LogP contribution >= 0.6 is 11.6 Å². The summed E-state index contributed by atoms with van der Waals surface area (Å²) >= 11 is 5.92. The second-order valence-corrected chi connectivity index (χ2v) is 12.1. The van der Waals surface area contributed by atoms with Crippen molar-refractivity contribution in [2.75, 3.05) is 32.8 Å². The SMILES string of the molecule is Cn1cc(CC(=O)c2ccc(CC(=O)c3cc(CC(=O)c4ccc(Cl)cc4)cn3C)cc2)cc1C(=O)CCCN1CCOCC1. The van der Waals surface area contributed by atoms with Gasteiger partial charge in [-0.05, 0) is 66.1 Å². The van der Waals surface area contributed by atoms with Gasteiger partial charge in [-0.3, -0.25) is 24.1 Å². The fourth-order valence-corrected chi connectivity index (χ4v) is 5.85. The van der Waals surface area contributed by atoms with Gasteiger partial charge in [-0.15, -0.1) is 0 Å². The van der Waals surface area contributed by atoms with Gasteiger partial charge in [0.1, 0.15) is 0 Å². The summed E-state index contributed by atoms with van der Waals surface area (Å²) in [7, 11) is 3.63. The summed E-state index contributed by atoms with van der Waals surface area (Å²) < 4.78 is 8.92. The van der Waals surface area contributed by atoms with Crippen molar-refractivity contribution >= 4 is 34.7 Å². The highest BCUT2D eigenvalue weighted by Gasteiger charge is 2.18. The number of hydrogen-bond donors (Lipinski definition) is 0. The molecule has 1 saturated heterocycles. The van der Waals surface area contributed by atoms with E-state index < -0.39 is 0 Å². The first-order valence-electron chi connectivity index (χ1n) is 15.2. The zero-order chi connectivity index (χ0) is 31.9. The van der Waals surface area contributed by atoms with Crippen LogP contribution in [0.25, 0.3) is 0 Å². The molecule has 9 heteroatoms. The Kier molecular flexibility index (Phi) is 10.6. The van der Waals surface area contributed by atoms with Gasteiger partial charge in [-0.25, -0.2) is 0 Å². The van der Waals surface area contributed by atoms with Crippen molar-refractivity contribution in [3.05, 3.63) is 117 Å². The van der Waals surface area contributed by atoms with Crippen molar-refractivity contribution in [2.45, 2.75) is 32.1 Å². The van der Waals surface area contributed by atoms with E-state index in [0.29, 0.717) is 34.0 Å². The highest BCUT2D eigenvalue weighted by molar-refractivity contribution is 6.30. The first-order chi connectivity index (χ1) is 21.7. The lowest BCUT2D eigenvalue weighted by Gasteiger charge is -2.26. The molecule has 0 aliphatic carbocycles. The summed E-state index contributed by atoms with van der Waals surface area (Å²) in [5.41, 5.74) is 4.61. The summed E-state index contributed by atoms with van der Waals surface area (Å²) in [6, 6.07) is 17.4. The number of Topliss-reactive ketones (excluding diaryl/α,β-unsaturated/α-hetero) is 4. The number of aromatic nitrogens is 2. The minimum absolute atomic E-state index is 0.0469. The molecule has 4 aromatic rings. The molecule has 0 unspecified atom stereocenters. The Labute approximate surface area is 268 Å². The minimum atomic E-state index is -0.0757. The molecule has 2 aromatic carbocycles. The lowest BCUT2D eigenvalue weighted by Crippen LogP contribution is -2.36. The molecule has 45 heavy (non-hydrogen) atoms. The van der Waals surface area contributed by atoms with Crippen molar-refractivity contribution in [3.63, 3.8) is 0 Å². The Balaban J connectivity index is 1.13. The predicted molar refractivity (Wildman–Crippen MR) is 174 cm³/mol. The monoisotopic (exact) mass is 627 g/mol. The van der Waals surface area contributed by atoms with Gasteiger partial charge in [0.05, 0.1) is 24.6 Å². The number of ketones is 4. The molecule has 5 rings (SSSR count). The molecule has 0 atom stereocenters. The molecule has 234 valence electrons. The Morgan fingerprint density at radius 1 is 0.667 bits per heavy atom. The third-order valence-corrected chi connectivity index (χ3v) is 8.46. The second kappa shape index (κ2) is 14.8. The van der Waals surface area contributed by atoms with Crippen LogP contribution in [-0.2, 0) is 38.1 Å². The number of carbonyl (C=O) groups excluding carboxylic acids is 4. The number of benzene rings is 2. The number of carbonyl (C=O) groups is 4. The Morgan fingerprint density at radius 3 is 1.71 bits per heavy atom. The third-order valence-electron chi connectivity index (χ3n) is 8.21. The smallest absolute Gasteiger partial charge is 0.183 e. The fourth-order valence-electron chi connectivity index (χ4n) is 5.72. The van der Waals surface area contributed by atoms with Crippen molar-refractivity contribution in [3.8, 4) is 0 Å². The third kappa shape index (κ3) is 8.54. The molecule has 1 aliphatic rings. The topological polar surface area (TPSA) is 90.6 Å². The van der Waals surface area contributed by atoms with Crippen molar-refractivity contribution in [2.24, 2.45) is 14.1 Å². The maximum absolute atomic E-state index is 13.1. The van der Waals surface area contributed by atoms with Crippen molar-refractivity contribution in [1.29, 1.82) is 0 Å². The van der Waals surface area contributed by atoms with Crippen LogP contribution in [0.1, 0.15) is 71.2 Å². The van der Waals surface area contributed by atoms with Gasteiger partial charge < -0.3 is 13.9 Å². The number of ether oxygens (including phenoxy) is 1. The van der Waals surface area contributed by atoms with Crippen LogP contribution < -0.4 is 0 Å². The molecule has 8 nitrogen and oxygen atoms in total. The highest BCUT2D eigenvalue weighted by Crippen LogP contribution is 2.18. The van der Waals surface area contributed by atoms with Gasteiger partial charge in [-0.1, -0.05) is 35.9 Å². The zero-order valence-electron chi connectivity index (χ0n) is 25.8. The van der Waals surface area contributed by atoms with E-state index in [2.05, 4.69) is 4.90 Å².